The number of carboxylic acids is 1. The van der Waals surface area contributed by atoms with E-state index in [9.17, 15) is 14.7 Å². The van der Waals surface area contributed by atoms with Crippen molar-refractivity contribution < 1.29 is 23.8 Å². The molecule has 2 aliphatic rings. The van der Waals surface area contributed by atoms with E-state index >= 15 is 0 Å². The second kappa shape index (κ2) is 7.17. The van der Waals surface area contributed by atoms with Crippen molar-refractivity contribution in [3.8, 4) is 0 Å². The van der Waals surface area contributed by atoms with Crippen LogP contribution in [0.1, 0.15) is 58.9 Å². The van der Waals surface area contributed by atoms with Gasteiger partial charge in [-0.2, -0.15) is 0 Å². The van der Waals surface area contributed by atoms with Crippen molar-refractivity contribution in [1.82, 2.24) is 0 Å². The predicted octanol–water partition coefficient (Wildman–Crippen LogP) is 4.78. The second-order valence-corrected chi connectivity index (χ2v) is 8.73. The highest BCUT2D eigenvalue weighted by Gasteiger charge is 2.62. The summed E-state index contributed by atoms with van der Waals surface area (Å²) in [6, 6.07) is 1.91. The highest BCUT2D eigenvalue weighted by atomic mass is 16.5. The molecule has 2 aliphatic carbocycles. The van der Waals surface area contributed by atoms with Crippen LogP contribution >= 0.6 is 0 Å². The lowest BCUT2D eigenvalue weighted by atomic mass is 9.44. The molecule has 1 aromatic rings. The van der Waals surface area contributed by atoms with Crippen LogP contribution in [0.3, 0.4) is 0 Å². The van der Waals surface area contributed by atoms with Crippen molar-refractivity contribution in [2.45, 2.75) is 59.5 Å². The second-order valence-electron chi connectivity index (χ2n) is 8.73. The van der Waals surface area contributed by atoms with Crippen LogP contribution in [-0.2, 0) is 14.3 Å². The van der Waals surface area contributed by atoms with Crippen molar-refractivity contribution in [2.75, 3.05) is 0 Å². The van der Waals surface area contributed by atoms with E-state index in [-0.39, 0.29) is 29.3 Å². The molecule has 148 valence electrons. The third kappa shape index (κ3) is 3.32. The molecule has 1 heterocycles. The molecule has 27 heavy (non-hydrogen) atoms. The van der Waals surface area contributed by atoms with Gasteiger partial charge < -0.3 is 14.3 Å². The van der Waals surface area contributed by atoms with Gasteiger partial charge in [0.2, 0.25) is 0 Å². The van der Waals surface area contributed by atoms with Crippen LogP contribution in [0, 0.1) is 28.6 Å². The summed E-state index contributed by atoms with van der Waals surface area (Å²) >= 11 is 0. The maximum atomic E-state index is 12.1. The van der Waals surface area contributed by atoms with Gasteiger partial charge in [0, 0.05) is 17.9 Å². The zero-order valence-corrected chi connectivity index (χ0v) is 16.6. The molecule has 0 saturated heterocycles. The fraction of sp³-hybridized carbons (Fsp3) is 0.636. The van der Waals surface area contributed by atoms with Gasteiger partial charge in [0.25, 0.3) is 0 Å². The molecule has 3 rings (SSSR count). The average Bonchev–Trinajstić information content (AvgIpc) is 3.11. The minimum Gasteiger partial charge on any atom is -0.481 e. The van der Waals surface area contributed by atoms with Crippen LogP contribution < -0.4 is 0 Å². The van der Waals surface area contributed by atoms with E-state index in [0.29, 0.717) is 12.8 Å². The lowest BCUT2D eigenvalue weighted by Gasteiger charge is -2.61. The Morgan fingerprint density at radius 3 is 2.67 bits per heavy atom. The molecule has 0 aromatic carbocycles. The first kappa shape index (κ1) is 19.7. The molecule has 2 fully saturated rings. The number of hydrogen-bond acceptors (Lipinski definition) is 4. The van der Waals surface area contributed by atoms with Crippen molar-refractivity contribution in [3.05, 3.63) is 30.2 Å². The van der Waals surface area contributed by atoms with Crippen LogP contribution in [0.5, 0.6) is 0 Å². The fourth-order valence-electron chi connectivity index (χ4n) is 5.68. The summed E-state index contributed by atoms with van der Waals surface area (Å²) in [4.78, 5) is 23.9. The monoisotopic (exact) mass is 374 g/mol. The van der Waals surface area contributed by atoms with E-state index in [2.05, 4.69) is 26.0 Å². The van der Waals surface area contributed by atoms with Gasteiger partial charge in [-0.1, -0.05) is 39.3 Å². The molecular formula is C22H30O5. The topological polar surface area (TPSA) is 76.7 Å². The highest BCUT2D eigenvalue weighted by molar-refractivity contribution is 5.72. The van der Waals surface area contributed by atoms with Gasteiger partial charge in [0.15, 0.2) is 0 Å². The van der Waals surface area contributed by atoms with Crippen molar-refractivity contribution in [2.24, 2.45) is 28.6 Å². The molecule has 0 amide bonds. The van der Waals surface area contributed by atoms with E-state index < -0.39 is 17.3 Å². The lowest BCUT2D eigenvalue weighted by Crippen LogP contribution is -2.61. The molecule has 5 nitrogen and oxygen atoms in total. The zero-order chi connectivity index (χ0) is 19.8. The van der Waals surface area contributed by atoms with Gasteiger partial charge in [0.05, 0.1) is 18.4 Å². The van der Waals surface area contributed by atoms with Gasteiger partial charge in [-0.25, -0.2) is 0 Å². The third-order valence-electron chi connectivity index (χ3n) is 7.35. The number of rotatable bonds is 4. The summed E-state index contributed by atoms with van der Waals surface area (Å²) in [5, 5.41) is 9.94. The first-order valence-electron chi connectivity index (χ1n) is 9.81. The van der Waals surface area contributed by atoms with E-state index in [4.69, 9.17) is 9.15 Å². The summed E-state index contributed by atoms with van der Waals surface area (Å²) in [5.74, 6) is -1.24. The predicted molar refractivity (Wildman–Crippen MR) is 102 cm³/mol. The Morgan fingerprint density at radius 2 is 2.07 bits per heavy atom. The number of aliphatic carboxylic acids is 1. The number of carboxylic acid groups (broad SMARTS) is 1. The number of fused-ring (bicyclic) bond motifs is 1. The summed E-state index contributed by atoms with van der Waals surface area (Å²) < 4.78 is 10.9. The Morgan fingerprint density at radius 1 is 1.33 bits per heavy atom. The number of carbonyl (C=O) groups is 2. The Bertz CT molecular complexity index is 721. The number of esters is 1. The maximum absolute atomic E-state index is 12.1. The Hall–Kier alpha value is -2.04. The molecule has 0 spiro atoms. The standard InChI is InChI=1S/C22H30O5/c1-14-12-19(27-15(2)23)22(4)17(20(24)25)6-5-7-18(22)21(14,3)10-8-16-9-11-26-13-16/h8-11,13-14,17-19H,5-7,12H2,1-4H3,(H,24,25)/b10-8+/t14-,17-,18+,19+,21-,22-/m1/s1. The van der Waals surface area contributed by atoms with E-state index in [1.807, 2.05) is 13.0 Å². The summed E-state index contributed by atoms with van der Waals surface area (Å²) in [7, 11) is 0. The largest absolute Gasteiger partial charge is 0.481 e. The van der Waals surface area contributed by atoms with Gasteiger partial charge in [0.1, 0.15) is 6.10 Å². The Balaban J connectivity index is 2.04. The third-order valence-corrected chi connectivity index (χ3v) is 7.35. The lowest BCUT2D eigenvalue weighted by molar-refractivity contribution is -0.200. The van der Waals surface area contributed by atoms with Crippen LogP contribution in [0.2, 0.25) is 0 Å². The molecule has 2 saturated carbocycles. The maximum Gasteiger partial charge on any atom is 0.307 e. The molecule has 5 heteroatoms. The highest BCUT2D eigenvalue weighted by Crippen LogP contribution is 2.63. The molecule has 0 bridgehead atoms. The van der Waals surface area contributed by atoms with E-state index in [1.54, 1.807) is 12.5 Å². The molecule has 0 radical (unpaired) electrons. The number of allylic oxidation sites excluding steroid dienone is 1. The normalized spacial score (nSPS) is 39.1. The van der Waals surface area contributed by atoms with Crippen LogP contribution in [0.15, 0.2) is 29.1 Å². The number of hydrogen-bond donors (Lipinski definition) is 1. The number of ether oxygens (including phenoxy) is 1. The van der Waals surface area contributed by atoms with E-state index in [1.165, 1.54) is 6.92 Å². The van der Waals surface area contributed by atoms with Gasteiger partial charge >= 0.3 is 11.9 Å². The minimum atomic E-state index is -0.782. The van der Waals surface area contributed by atoms with Crippen molar-refractivity contribution in [3.63, 3.8) is 0 Å². The summed E-state index contributed by atoms with van der Waals surface area (Å²) in [6.45, 7) is 7.85. The minimum absolute atomic E-state index is 0.121. The smallest absolute Gasteiger partial charge is 0.307 e. The van der Waals surface area contributed by atoms with Crippen LogP contribution in [-0.4, -0.2) is 23.1 Å². The molecule has 1 aromatic heterocycles. The zero-order valence-electron chi connectivity index (χ0n) is 16.6. The van der Waals surface area contributed by atoms with Crippen molar-refractivity contribution in [1.29, 1.82) is 0 Å². The number of carbonyl (C=O) groups excluding carboxylic acids is 1. The number of furan rings is 1. The van der Waals surface area contributed by atoms with E-state index in [0.717, 1.165) is 18.4 Å². The Kier molecular flexibility index (Phi) is 5.24. The molecule has 0 unspecified atom stereocenters. The quantitative estimate of drug-likeness (QED) is 0.768. The fourth-order valence-corrected chi connectivity index (χ4v) is 5.68. The van der Waals surface area contributed by atoms with Crippen LogP contribution in [0.4, 0.5) is 0 Å². The molecule has 1 N–H and O–H groups in total. The SMILES string of the molecule is CC(=O)O[C@H]1C[C@@H](C)[C@@](C)(/C=C/c2ccoc2)[C@@H]2CCC[C@H](C(=O)O)[C@@]12C. The molecule has 0 aliphatic heterocycles. The first-order chi connectivity index (χ1) is 12.7. The summed E-state index contributed by atoms with van der Waals surface area (Å²) in [5.41, 5.74) is 0.229. The summed E-state index contributed by atoms with van der Waals surface area (Å²) in [6.07, 6.45) is 10.4. The molecule has 6 atom stereocenters. The first-order valence-corrected chi connectivity index (χ1v) is 9.81. The van der Waals surface area contributed by atoms with Gasteiger partial charge in [-0.15, -0.1) is 0 Å². The Labute approximate surface area is 160 Å². The van der Waals surface area contributed by atoms with Crippen LogP contribution in [0.25, 0.3) is 6.08 Å². The average molecular weight is 374 g/mol. The van der Waals surface area contributed by atoms with Gasteiger partial charge in [-0.05, 0) is 42.6 Å². The van der Waals surface area contributed by atoms with Gasteiger partial charge in [-0.3, -0.25) is 9.59 Å². The molecular weight excluding hydrogens is 344 g/mol. The van der Waals surface area contributed by atoms with Crippen molar-refractivity contribution >= 4 is 18.0 Å².